The van der Waals surface area contributed by atoms with Gasteiger partial charge in [-0.2, -0.15) is 13.5 Å². The zero-order valence-electron chi connectivity index (χ0n) is 31.5. The van der Waals surface area contributed by atoms with Crippen LogP contribution in [0.1, 0.15) is 71.4 Å². The Hall–Kier alpha value is -5.09. The third-order valence-corrected chi connectivity index (χ3v) is 10.3. The largest absolute Gasteiger partial charge is 0.619 e. The molecule has 58 heavy (non-hydrogen) atoms. The molecule has 310 valence electrons. The monoisotopic (exact) mass is 847 g/mol. The van der Waals surface area contributed by atoms with Gasteiger partial charge in [0.1, 0.15) is 34.1 Å². The fourth-order valence-corrected chi connectivity index (χ4v) is 7.47. The minimum atomic E-state index is -3.11. The SMILES string of the molecule is CC(C)Oc1cc(C(Cc2c(Cl)c[n+]([O-])cc2Cl)OC(=O)c2ccc(CNC(C(=O)O[C@H]3CN4CCC3CC4)c3ccccc3F)cc2)ccc1OC(F)F.O=CO. The molecule has 2 N–H and O–H groups in total. The van der Waals surface area contributed by atoms with Crippen molar-refractivity contribution in [3.63, 3.8) is 0 Å². The number of benzene rings is 3. The summed E-state index contributed by atoms with van der Waals surface area (Å²) in [5.74, 6) is -1.78. The van der Waals surface area contributed by atoms with Crippen molar-refractivity contribution in [1.29, 1.82) is 0 Å². The van der Waals surface area contributed by atoms with Gasteiger partial charge in [0.15, 0.2) is 23.9 Å². The van der Waals surface area contributed by atoms with E-state index in [1.165, 1.54) is 36.4 Å². The highest BCUT2D eigenvalue weighted by Gasteiger charge is 2.38. The van der Waals surface area contributed by atoms with E-state index < -0.39 is 42.6 Å². The van der Waals surface area contributed by atoms with E-state index in [0.717, 1.165) is 38.3 Å². The van der Waals surface area contributed by atoms with Crippen molar-refractivity contribution in [1.82, 2.24) is 10.2 Å². The Balaban J connectivity index is 0.00000207. The van der Waals surface area contributed by atoms with Crippen molar-refractivity contribution in [2.75, 3.05) is 19.6 Å². The summed E-state index contributed by atoms with van der Waals surface area (Å²) < 4.78 is 64.1. The molecule has 3 aliphatic heterocycles. The van der Waals surface area contributed by atoms with Gasteiger partial charge in [-0.05, 0) is 87.2 Å². The number of fused-ring (bicyclic) bond motifs is 3. The van der Waals surface area contributed by atoms with Crippen LogP contribution in [-0.4, -0.2) is 66.9 Å². The maximum atomic E-state index is 15.0. The summed E-state index contributed by atoms with van der Waals surface area (Å²) in [5, 5.41) is 22.0. The molecule has 4 heterocycles. The Labute approximate surface area is 342 Å². The zero-order valence-corrected chi connectivity index (χ0v) is 33.0. The molecule has 7 rings (SSSR count). The molecular weight excluding hydrogens is 806 g/mol. The van der Waals surface area contributed by atoms with Crippen LogP contribution >= 0.6 is 23.2 Å². The number of hydrogen-bond donors (Lipinski definition) is 2. The van der Waals surface area contributed by atoms with Gasteiger partial charge in [-0.25, -0.2) is 14.0 Å². The second-order valence-corrected chi connectivity index (χ2v) is 14.7. The van der Waals surface area contributed by atoms with Gasteiger partial charge in [-0.15, -0.1) is 0 Å². The summed E-state index contributed by atoms with van der Waals surface area (Å²) in [7, 11) is 0. The smallest absolute Gasteiger partial charge is 0.387 e. The molecule has 0 saturated carbocycles. The molecule has 3 aliphatic rings. The van der Waals surface area contributed by atoms with Crippen molar-refractivity contribution in [2.24, 2.45) is 5.92 Å². The van der Waals surface area contributed by atoms with Gasteiger partial charge >= 0.3 is 18.6 Å². The number of carbonyl (C=O) groups excluding carboxylic acids is 2. The second kappa shape index (κ2) is 20.6. The number of ether oxygens (including phenoxy) is 4. The van der Waals surface area contributed by atoms with Crippen LogP contribution < -0.4 is 19.5 Å². The molecule has 0 amide bonds. The van der Waals surface area contributed by atoms with Crippen LogP contribution in [0, 0.1) is 16.9 Å². The first-order chi connectivity index (χ1) is 27.8. The van der Waals surface area contributed by atoms with E-state index in [2.05, 4.69) is 15.0 Å². The lowest BCUT2D eigenvalue weighted by atomic mass is 9.86. The lowest BCUT2D eigenvalue weighted by Crippen LogP contribution is -2.52. The molecule has 17 heteroatoms. The Kier molecular flexibility index (Phi) is 15.6. The predicted molar refractivity (Wildman–Crippen MR) is 206 cm³/mol. The first kappa shape index (κ1) is 44.0. The number of alkyl halides is 2. The molecule has 1 aromatic heterocycles. The van der Waals surface area contributed by atoms with Crippen LogP contribution in [0.25, 0.3) is 0 Å². The topological polar surface area (TPSA) is 151 Å². The quantitative estimate of drug-likeness (QED) is 0.0531. The van der Waals surface area contributed by atoms with E-state index >= 15 is 0 Å². The molecule has 3 fully saturated rings. The van der Waals surface area contributed by atoms with Gasteiger partial charge < -0.3 is 29.3 Å². The number of halogens is 5. The molecule has 0 aliphatic carbocycles. The van der Waals surface area contributed by atoms with Gasteiger partial charge in [0.05, 0.1) is 11.7 Å². The fraction of sp³-hybridized carbons (Fsp3) is 0.366. The fourth-order valence-electron chi connectivity index (χ4n) is 6.87. The van der Waals surface area contributed by atoms with E-state index in [1.807, 2.05) is 0 Å². The Morgan fingerprint density at radius 2 is 1.66 bits per heavy atom. The zero-order chi connectivity index (χ0) is 41.9. The average molecular weight is 849 g/mol. The van der Waals surface area contributed by atoms with Gasteiger partial charge in [-0.3, -0.25) is 15.0 Å². The van der Waals surface area contributed by atoms with Gasteiger partial charge in [0.2, 0.25) is 0 Å². The van der Waals surface area contributed by atoms with Crippen molar-refractivity contribution in [3.05, 3.63) is 128 Å². The Bertz CT molecular complexity index is 2010. The van der Waals surface area contributed by atoms with E-state index in [9.17, 15) is 28.0 Å². The summed E-state index contributed by atoms with van der Waals surface area (Å²) in [6.07, 6.45) is 2.29. The van der Waals surface area contributed by atoms with Gasteiger partial charge in [0, 0.05) is 30.6 Å². The number of rotatable bonds is 15. The predicted octanol–water partition coefficient (Wildman–Crippen LogP) is 7.46. The number of aromatic nitrogens is 1. The minimum absolute atomic E-state index is 0.00493. The molecule has 3 saturated heterocycles. The highest BCUT2D eigenvalue weighted by Crippen LogP contribution is 2.37. The summed E-state index contributed by atoms with van der Waals surface area (Å²) in [6, 6.07) is 15.5. The lowest BCUT2D eigenvalue weighted by Gasteiger charge is -2.44. The molecule has 3 atom stereocenters. The Morgan fingerprint density at radius 3 is 2.24 bits per heavy atom. The molecule has 0 radical (unpaired) electrons. The lowest BCUT2D eigenvalue weighted by molar-refractivity contribution is -0.605. The van der Waals surface area contributed by atoms with Gasteiger partial charge in [-0.1, -0.05) is 59.6 Å². The molecule has 0 spiro atoms. The number of esters is 2. The maximum absolute atomic E-state index is 15.0. The average Bonchev–Trinajstić information content (AvgIpc) is 3.18. The normalized spacial score (nSPS) is 18.1. The minimum Gasteiger partial charge on any atom is -0.619 e. The number of carbonyl (C=O) groups is 3. The van der Waals surface area contributed by atoms with E-state index in [0.29, 0.717) is 28.0 Å². The van der Waals surface area contributed by atoms with E-state index in [-0.39, 0.29) is 64.1 Å². The summed E-state index contributed by atoms with van der Waals surface area (Å²) in [6.45, 7) is 2.83. The number of nitrogens with one attached hydrogen (secondary N) is 1. The number of hydrogen-bond acceptors (Lipinski definition) is 10. The first-order valence-electron chi connectivity index (χ1n) is 18.4. The first-order valence-corrected chi connectivity index (χ1v) is 19.1. The molecule has 3 aromatic carbocycles. The summed E-state index contributed by atoms with van der Waals surface area (Å²) in [4.78, 5) is 37.8. The number of piperidine rings is 3. The number of carboxylic acid groups (broad SMARTS) is 1. The standard InChI is InChI=1S/C40H40Cl2F3N3O7.CH2O2/c1-23(2)52-35-17-27(11-12-33(35)55-40(44)45)34(18-29-30(41)20-48(51)21-31(29)42)53-38(49)26-9-7-24(8-10-26)19-46-37(28-5-3-4-6-32(28)43)39(50)54-36-22-47-15-13-25(36)14-16-47;2-1-3/h3-12,17,20-21,23,25,34,36-37,40,46H,13-16,18-19,22H2,1-2H3;1H,(H,2,3)/t34?,36-,37?;/m0./s1. The third kappa shape index (κ3) is 11.7. The summed E-state index contributed by atoms with van der Waals surface area (Å²) in [5.41, 5.74) is 1.68. The van der Waals surface area contributed by atoms with E-state index in [1.54, 1.807) is 44.2 Å². The van der Waals surface area contributed by atoms with Crippen LogP contribution in [0.4, 0.5) is 13.2 Å². The third-order valence-electron chi connectivity index (χ3n) is 9.63. The number of pyridine rings is 1. The molecule has 4 aromatic rings. The van der Waals surface area contributed by atoms with Gasteiger partial charge in [0.25, 0.3) is 6.47 Å². The molecule has 2 bridgehead atoms. The maximum Gasteiger partial charge on any atom is 0.387 e. The van der Waals surface area contributed by atoms with Crippen LogP contribution in [0.3, 0.4) is 0 Å². The highest BCUT2D eigenvalue weighted by atomic mass is 35.5. The van der Waals surface area contributed by atoms with Crippen LogP contribution in [0.5, 0.6) is 11.5 Å². The van der Waals surface area contributed by atoms with Crippen LogP contribution in [0.15, 0.2) is 79.1 Å². The van der Waals surface area contributed by atoms with Crippen molar-refractivity contribution < 1.29 is 56.3 Å². The van der Waals surface area contributed by atoms with Crippen molar-refractivity contribution in [2.45, 2.75) is 70.6 Å². The number of nitrogens with zero attached hydrogens (tertiary/aromatic N) is 2. The second-order valence-electron chi connectivity index (χ2n) is 13.9. The molecular formula is C41H42Cl2F3N3O9. The summed E-state index contributed by atoms with van der Waals surface area (Å²) >= 11 is 12.7. The van der Waals surface area contributed by atoms with Crippen molar-refractivity contribution >= 4 is 41.6 Å². The van der Waals surface area contributed by atoms with E-state index in [4.69, 9.17) is 47.3 Å². The molecule has 2 unspecified atom stereocenters. The Morgan fingerprint density at radius 1 is 1.00 bits per heavy atom. The highest BCUT2D eigenvalue weighted by molar-refractivity contribution is 6.35. The molecule has 12 nitrogen and oxygen atoms in total. The van der Waals surface area contributed by atoms with Crippen molar-refractivity contribution in [3.8, 4) is 11.5 Å². The van der Waals surface area contributed by atoms with Crippen LogP contribution in [0.2, 0.25) is 10.0 Å². The van der Waals surface area contributed by atoms with Crippen LogP contribution in [-0.2, 0) is 32.0 Å².